The summed E-state index contributed by atoms with van der Waals surface area (Å²) in [5.41, 5.74) is 9.29. The average Bonchev–Trinajstić information content (AvgIpc) is 3.21. The fraction of sp³-hybridized carbons (Fsp3) is 0.579. The maximum atomic E-state index is 12.6. The third kappa shape index (κ3) is 3.49. The molecule has 0 aromatic heterocycles. The zero-order valence-electron chi connectivity index (χ0n) is 15.2. The summed E-state index contributed by atoms with van der Waals surface area (Å²) in [6.07, 6.45) is 2.45. The Bertz CT molecular complexity index is 684. The van der Waals surface area contributed by atoms with Crippen LogP contribution in [0.3, 0.4) is 0 Å². The predicted molar refractivity (Wildman–Crippen MR) is 95.3 cm³/mol. The number of primary amides is 1. The van der Waals surface area contributed by atoms with Gasteiger partial charge in [-0.25, -0.2) is 4.79 Å². The molecule has 0 unspecified atom stereocenters. The number of hydrogen-bond donors (Lipinski definition) is 2. The molecule has 2 atom stereocenters. The van der Waals surface area contributed by atoms with Gasteiger partial charge < -0.3 is 20.7 Å². The van der Waals surface area contributed by atoms with E-state index in [4.69, 9.17) is 10.5 Å². The summed E-state index contributed by atoms with van der Waals surface area (Å²) in [5.74, 6) is -0.481. The second-order valence-electron chi connectivity index (χ2n) is 7.42. The van der Waals surface area contributed by atoms with Gasteiger partial charge in [-0.1, -0.05) is 23.8 Å². The van der Waals surface area contributed by atoms with Crippen LogP contribution in [-0.2, 0) is 14.9 Å². The molecule has 3 amide bonds. The highest BCUT2D eigenvalue weighted by atomic mass is 16.5. The Morgan fingerprint density at radius 2 is 2.08 bits per heavy atom. The minimum absolute atomic E-state index is 0.0239. The molecule has 1 heterocycles. The van der Waals surface area contributed by atoms with E-state index in [2.05, 4.69) is 37.4 Å². The Balaban J connectivity index is 1.66. The topological polar surface area (TPSA) is 84.7 Å². The predicted octanol–water partition coefficient (Wildman–Crippen LogP) is 1.62. The van der Waals surface area contributed by atoms with E-state index in [0.29, 0.717) is 19.5 Å². The van der Waals surface area contributed by atoms with Crippen LogP contribution < -0.4 is 11.1 Å². The molecule has 2 aliphatic rings. The number of nitrogens with zero attached hydrogens (tertiary/aromatic N) is 1. The maximum Gasteiger partial charge on any atom is 0.318 e. The quantitative estimate of drug-likeness (QED) is 0.850. The lowest BCUT2D eigenvalue weighted by Crippen LogP contribution is -2.49. The van der Waals surface area contributed by atoms with E-state index < -0.39 is 11.9 Å². The SMILES string of the molecule is CO[C@H]1C[C@@H](C(N)=O)N(C(=O)NCC2(c3ccc(C)cc3C)CC2)C1. The molecule has 3 rings (SSSR count). The van der Waals surface area contributed by atoms with E-state index in [1.807, 2.05) is 0 Å². The van der Waals surface area contributed by atoms with Crippen LogP contribution in [0.25, 0.3) is 0 Å². The number of likely N-dealkylation sites (tertiary alicyclic amines) is 1. The van der Waals surface area contributed by atoms with E-state index >= 15 is 0 Å². The number of hydrogen-bond acceptors (Lipinski definition) is 3. The number of nitrogens with two attached hydrogens (primary N) is 1. The molecule has 2 fully saturated rings. The summed E-state index contributed by atoms with van der Waals surface area (Å²) in [5, 5.41) is 3.02. The molecule has 0 bridgehead atoms. The summed E-state index contributed by atoms with van der Waals surface area (Å²) >= 11 is 0. The third-order valence-corrected chi connectivity index (χ3v) is 5.57. The minimum atomic E-state index is -0.596. The van der Waals surface area contributed by atoms with Crippen LogP contribution in [0.1, 0.15) is 36.0 Å². The summed E-state index contributed by atoms with van der Waals surface area (Å²) in [6.45, 7) is 5.18. The molecule has 6 heteroatoms. The normalized spacial score (nSPS) is 24.2. The van der Waals surface area contributed by atoms with Crippen molar-refractivity contribution in [3.05, 3.63) is 34.9 Å². The molecule has 1 saturated heterocycles. The fourth-order valence-electron chi connectivity index (χ4n) is 3.91. The first-order chi connectivity index (χ1) is 11.9. The van der Waals surface area contributed by atoms with Crippen molar-refractivity contribution in [3.63, 3.8) is 0 Å². The van der Waals surface area contributed by atoms with Gasteiger partial charge >= 0.3 is 6.03 Å². The fourth-order valence-corrected chi connectivity index (χ4v) is 3.91. The average molecular weight is 345 g/mol. The van der Waals surface area contributed by atoms with Gasteiger partial charge in [0, 0.05) is 32.0 Å². The van der Waals surface area contributed by atoms with Gasteiger partial charge in [0.05, 0.1) is 6.10 Å². The van der Waals surface area contributed by atoms with Crippen molar-refractivity contribution in [2.75, 3.05) is 20.2 Å². The zero-order chi connectivity index (χ0) is 18.2. The standard InChI is InChI=1S/C19H27N3O3/c1-12-4-5-15(13(2)8-12)19(6-7-19)11-21-18(24)22-10-14(25-3)9-16(22)17(20)23/h4-5,8,14,16H,6-7,9-11H2,1-3H3,(H2,20,23)(H,21,24)/t14-,16-/m0/s1. The highest BCUT2D eigenvalue weighted by Gasteiger charge is 2.46. The number of rotatable bonds is 5. The van der Waals surface area contributed by atoms with Gasteiger partial charge in [-0.05, 0) is 37.8 Å². The van der Waals surface area contributed by atoms with Crippen LogP contribution in [-0.4, -0.2) is 49.2 Å². The number of aryl methyl sites for hydroxylation is 2. The van der Waals surface area contributed by atoms with Crippen molar-refractivity contribution in [3.8, 4) is 0 Å². The van der Waals surface area contributed by atoms with Crippen molar-refractivity contribution in [1.82, 2.24) is 10.2 Å². The smallest absolute Gasteiger partial charge is 0.318 e. The first-order valence-corrected chi connectivity index (χ1v) is 8.80. The van der Waals surface area contributed by atoms with Crippen LogP contribution in [0, 0.1) is 13.8 Å². The molecule has 6 nitrogen and oxygen atoms in total. The molecule has 0 radical (unpaired) electrons. The molecule has 1 aromatic rings. The van der Waals surface area contributed by atoms with Crippen LogP contribution in [0.2, 0.25) is 0 Å². The van der Waals surface area contributed by atoms with Crippen LogP contribution in [0.5, 0.6) is 0 Å². The number of urea groups is 1. The molecule has 3 N–H and O–H groups in total. The molecule has 1 aliphatic heterocycles. The summed E-state index contributed by atoms with van der Waals surface area (Å²) < 4.78 is 5.30. The molecule has 136 valence electrons. The van der Waals surface area contributed by atoms with E-state index in [9.17, 15) is 9.59 Å². The molecule has 1 aliphatic carbocycles. The number of methoxy groups -OCH3 is 1. The van der Waals surface area contributed by atoms with Gasteiger partial charge in [0.1, 0.15) is 6.04 Å². The second kappa shape index (κ2) is 6.67. The first kappa shape index (κ1) is 17.7. The number of carbonyl (C=O) groups excluding carboxylic acids is 2. The maximum absolute atomic E-state index is 12.6. The third-order valence-electron chi connectivity index (χ3n) is 5.57. The van der Waals surface area contributed by atoms with E-state index in [-0.39, 0.29) is 17.6 Å². The highest BCUT2D eigenvalue weighted by molar-refractivity contribution is 5.86. The van der Waals surface area contributed by atoms with Gasteiger partial charge in [0.15, 0.2) is 0 Å². The molecular weight excluding hydrogens is 318 g/mol. The highest BCUT2D eigenvalue weighted by Crippen LogP contribution is 2.48. The van der Waals surface area contributed by atoms with Gasteiger partial charge in [0.2, 0.25) is 5.91 Å². The lowest BCUT2D eigenvalue weighted by molar-refractivity contribution is -0.121. The summed E-state index contributed by atoms with van der Waals surface area (Å²) in [7, 11) is 1.59. The lowest BCUT2D eigenvalue weighted by Gasteiger charge is -2.25. The van der Waals surface area contributed by atoms with Gasteiger partial charge in [-0.3, -0.25) is 4.79 Å². The number of carbonyl (C=O) groups is 2. The molecule has 25 heavy (non-hydrogen) atoms. The Kier molecular flexibility index (Phi) is 4.73. The molecule has 1 saturated carbocycles. The van der Waals surface area contributed by atoms with Crippen molar-refractivity contribution in [1.29, 1.82) is 0 Å². The van der Waals surface area contributed by atoms with E-state index in [1.165, 1.54) is 21.6 Å². The van der Waals surface area contributed by atoms with Gasteiger partial charge in [0.25, 0.3) is 0 Å². The first-order valence-electron chi connectivity index (χ1n) is 8.80. The van der Waals surface area contributed by atoms with Gasteiger partial charge in [-0.2, -0.15) is 0 Å². The number of benzene rings is 1. The Morgan fingerprint density at radius 3 is 2.64 bits per heavy atom. The Hall–Kier alpha value is -2.08. The van der Waals surface area contributed by atoms with E-state index in [1.54, 1.807) is 7.11 Å². The number of ether oxygens (including phenoxy) is 1. The number of amides is 3. The van der Waals surface area contributed by atoms with Crippen LogP contribution in [0.15, 0.2) is 18.2 Å². The summed E-state index contributed by atoms with van der Waals surface area (Å²) in [6, 6.07) is 5.65. The number of nitrogens with one attached hydrogen (secondary N) is 1. The molecular formula is C19H27N3O3. The summed E-state index contributed by atoms with van der Waals surface area (Å²) in [4.78, 5) is 25.8. The minimum Gasteiger partial charge on any atom is -0.380 e. The van der Waals surface area contributed by atoms with Crippen molar-refractivity contribution in [2.45, 2.75) is 50.7 Å². The van der Waals surface area contributed by atoms with Crippen molar-refractivity contribution in [2.24, 2.45) is 5.73 Å². The van der Waals surface area contributed by atoms with Crippen molar-refractivity contribution >= 4 is 11.9 Å². The monoisotopic (exact) mass is 345 g/mol. The lowest BCUT2D eigenvalue weighted by atomic mass is 9.91. The van der Waals surface area contributed by atoms with Crippen LogP contribution in [0.4, 0.5) is 4.79 Å². The van der Waals surface area contributed by atoms with E-state index in [0.717, 1.165) is 12.8 Å². The largest absolute Gasteiger partial charge is 0.380 e. The van der Waals surface area contributed by atoms with Crippen LogP contribution >= 0.6 is 0 Å². The Labute approximate surface area is 148 Å². The Morgan fingerprint density at radius 1 is 1.36 bits per heavy atom. The molecule has 0 spiro atoms. The second-order valence-corrected chi connectivity index (χ2v) is 7.42. The van der Waals surface area contributed by atoms with Crippen molar-refractivity contribution < 1.29 is 14.3 Å². The molecule has 1 aromatic carbocycles. The zero-order valence-corrected chi connectivity index (χ0v) is 15.2. The van der Waals surface area contributed by atoms with Gasteiger partial charge in [-0.15, -0.1) is 0 Å².